The predicted octanol–water partition coefficient (Wildman–Crippen LogP) is 3.59. The Balaban J connectivity index is 1.42. The van der Waals surface area contributed by atoms with Gasteiger partial charge in [0.1, 0.15) is 9.99 Å². The van der Waals surface area contributed by atoms with Gasteiger partial charge in [-0.05, 0) is 48.9 Å². The molecule has 1 aromatic carbocycles. The van der Waals surface area contributed by atoms with Crippen LogP contribution in [0.3, 0.4) is 0 Å². The number of Topliss-reactive ketones (excluding diaryl/α,β-unsaturated/α-hetero) is 1. The van der Waals surface area contributed by atoms with Crippen LogP contribution < -0.4 is 4.90 Å². The van der Waals surface area contributed by atoms with E-state index < -0.39 is 21.8 Å². The molecule has 0 amide bonds. The van der Waals surface area contributed by atoms with Crippen molar-refractivity contribution >= 4 is 32.8 Å². The number of aliphatic hydroxyl groups is 1. The van der Waals surface area contributed by atoms with E-state index in [4.69, 9.17) is 0 Å². The van der Waals surface area contributed by atoms with Crippen molar-refractivity contribution in [2.24, 2.45) is 0 Å². The molecule has 3 fully saturated rings. The highest BCUT2D eigenvalue weighted by atomic mass is 32.2. The van der Waals surface area contributed by atoms with Crippen molar-refractivity contribution in [3.05, 3.63) is 47.3 Å². The Morgan fingerprint density at radius 3 is 2.27 bits per heavy atom. The SMILES string of the molecule is CC(O)(c1ccc(N2CCN(S(=O)(=O)c3cccs3)C[C@@H]2CN2C3CCC2CC(=O)C3)cc1)C(F)(F)F. The van der Waals surface area contributed by atoms with Crippen molar-refractivity contribution < 1.29 is 31.5 Å². The molecule has 12 heteroatoms. The summed E-state index contributed by atoms with van der Waals surface area (Å²) in [6.45, 7) is 2.12. The number of alkyl halides is 3. The maximum Gasteiger partial charge on any atom is 0.421 e. The minimum Gasteiger partial charge on any atom is -0.376 e. The molecule has 0 aliphatic carbocycles. The third-order valence-electron chi connectivity index (χ3n) is 7.97. The lowest BCUT2D eigenvalue weighted by molar-refractivity contribution is -0.258. The third kappa shape index (κ3) is 4.94. The molecule has 2 aromatic rings. The predicted molar refractivity (Wildman–Crippen MR) is 134 cm³/mol. The number of fused-ring (bicyclic) bond motifs is 2. The van der Waals surface area contributed by atoms with Gasteiger partial charge in [0.15, 0.2) is 5.60 Å². The number of hydrogen-bond acceptors (Lipinski definition) is 7. The Morgan fingerprint density at radius 1 is 1.05 bits per heavy atom. The van der Waals surface area contributed by atoms with Crippen LogP contribution in [-0.2, 0) is 20.4 Å². The fraction of sp³-hybridized carbons (Fsp3) is 0.560. The van der Waals surface area contributed by atoms with Crippen LogP contribution in [0.1, 0.15) is 38.2 Å². The molecule has 0 saturated carbocycles. The molecule has 0 spiro atoms. The first-order valence-electron chi connectivity index (χ1n) is 12.4. The minimum atomic E-state index is -4.82. The van der Waals surface area contributed by atoms with Gasteiger partial charge in [0.25, 0.3) is 10.0 Å². The first-order chi connectivity index (χ1) is 17.4. The van der Waals surface area contributed by atoms with Gasteiger partial charge in [0, 0.05) is 56.8 Å². The number of ketones is 1. The number of halogens is 3. The van der Waals surface area contributed by atoms with E-state index in [9.17, 15) is 31.5 Å². The summed E-state index contributed by atoms with van der Waals surface area (Å²) in [6.07, 6.45) is -1.95. The molecule has 202 valence electrons. The fourth-order valence-corrected chi connectivity index (χ4v) is 8.44. The first kappa shape index (κ1) is 26.6. The van der Waals surface area contributed by atoms with Crippen molar-refractivity contribution in [3.8, 4) is 0 Å². The van der Waals surface area contributed by atoms with Gasteiger partial charge >= 0.3 is 6.18 Å². The van der Waals surface area contributed by atoms with E-state index in [2.05, 4.69) is 4.90 Å². The van der Waals surface area contributed by atoms with Crippen LogP contribution in [0, 0.1) is 0 Å². The summed E-state index contributed by atoms with van der Waals surface area (Å²) in [5, 5.41) is 11.8. The van der Waals surface area contributed by atoms with Gasteiger partial charge < -0.3 is 10.0 Å². The Bertz CT molecular complexity index is 1220. The Labute approximate surface area is 218 Å². The van der Waals surface area contributed by atoms with Gasteiger partial charge in [0.05, 0.1) is 6.04 Å². The van der Waals surface area contributed by atoms with E-state index in [0.717, 1.165) is 19.8 Å². The van der Waals surface area contributed by atoms with Crippen LogP contribution in [0.2, 0.25) is 0 Å². The van der Waals surface area contributed by atoms with Crippen molar-refractivity contribution in [1.29, 1.82) is 0 Å². The highest BCUT2D eigenvalue weighted by Gasteiger charge is 2.51. The maximum absolute atomic E-state index is 13.3. The number of benzene rings is 1. The number of thiophene rings is 1. The van der Waals surface area contributed by atoms with E-state index in [1.807, 2.05) is 4.90 Å². The standard InChI is InChI=1S/C25H30F3N3O4S2/c1-24(33,25(26,27)28)17-4-6-18(7-5-17)30-11-10-29(37(34,35)23-3-2-12-36-23)15-21(30)16-31-19-8-9-20(31)14-22(32)13-19/h2-7,12,19-21,33H,8-11,13-16H2,1H3/t19?,20?,21-,24?/m1/s1. The molecule has 0 radical (unpaired) electrons. The number of carbonyl (C=O) groups excluding carboxylic acids is 1. The summed E-state index contributed by atoms with van der Waals surface area (Å²) in [5.74, 6) is 0.262. The fourth-order valence-electron chi connectivity index (χ4n) is 5.82. The van der Waals surface area contributed by atoms with Crippen LogP contribution in [0.25, 0.3) is 0 Å². The quantitative estimate of drug-likeness (QED) is 0.585. The number of carbonyl (C=O) groups is 1. The van der Waals surface area contributed by atoms with Gasteiger partial charge in [-0.2, -0.15) is 17.5 Å². The average Bonchev–Trinajstić information content (AvgIpc) is 3.46. The molecule has 4 heterocycles. The Morgan fingerprint density at radius 2 is 1.70 bits per heavy atom. The van der Waals surface area contributed by atoms with E-state index >= 15 is 0 Å². The average molecular weight is 558 g/mol. The lowest BCUT2D eigenvalue weighted by atomic mass is 9.95. The Kier molecular flexibility index (Phi) is 6.93. The van der Waals surface area contributed by atoms with E-state index in [0.29, 0.717) is 31.6 Å². The van der Waals surface area contributed by atoms with Crippen LogP contribution >= 0.6 is 11.3 Å². The summed E-state index contributed by atoms with van der Waals surface area (Å²) < 4.78 is 68.3. The highest BCUT2D eigenvalue weighted by molar-refractivity contribution is 7.91. The topological polar surface area (TPSA) is 81.2 Å². The van der Waals surface area contributed by atoms with Crippen LogP contribution in [0.4, 0.5) is 18.9 Å². The van der Waals surface area contributed by atoms with Crippen LogP contribution in [0.5, 0.6) is 0 Å². The molecule has 7 nitrogen and oxygen atoms in total. The molecule has 5 rings (SSSR count). The van der Waals surface area contributed by atoms with Gasteiger partial charge in [-0.3, -0.25) is 9.69 Å². The van der Waals surface area contributed by atoms with E-state index in [-0.39, 0.29) is 46.8 Å². The summed E-state index contributed by atoms with van der Waals surface area (Å²) in [4.78, 5) is 16.5. The highest BCUT2D eigenvalue weighted by Crippen LogP contribution is 2.40. The Hall–Kier alpha value is -1.99. The van der Waals surface area contributed by atoms with Crippen molar-refractivity contribution in [3.63, 3.8) is 0 Å². The van der Waals surface area contributed by atoms with Crippen molar-refractivity contribution in [2.75, 3.05) is 31.1 Å². The molecule has 3 aliphatic rings. The number of anilines is 1. The number of sulfonamides is 1. The number of piperidine rings is 1. The molecular formula is C25H30F3N3O4S2. The molecule has 37 heavy (non-hydrogen) atoms. The molecule has 1 aromatic heterocycles. The molecular weight excluding hydrogens is 527 g/mol. The molecule has 2 bridgehead atoms. The second-order valence-corrected chi connectivity index (χ2v) is 13.4. The zero-order valence-corrected chi connectivity index (χ0v) is 22.0. The normalized spacial score (nSPS) is 27.4. The summed E-state index contributed by atoms with van der Waals surface area (Å²) >= 11 is 1.17. The molecule has 3 saturated heterocycles. The number of hydrogen-bond donors (Lipinski definition) is 1. The van der Waals surface area contributed by atoms with Crippen molar-refractivity contribution in [1.82, 2.24) is 9.21 Å². The smallest absolute Gasteiger partial charge is 0.376 e. The summed E-state index contributed by atoms with van der Waals surface area (Å²) in [6, 6.07) is 8.97. The lowest BCUT2D eigenvalue weighted by Gasteiger charge is -2.46. The van der Waals surface area contributed by atoms with Gasteiger partial charge in [0.2, 0.25) is 0 Å². The number of rotatable bonds is 6. The third-order valence-corrected chi connectivity index (χ3v) is 11.2. The number of piperazine rings is 1. The summed E-state index contributed by atoms with van der Waals surface area (Å²) in [7, 11) is -3.67. The summed E-state index contributed by atoms with van der Waals surface area (Å²) in [5.41, 5.74) is -2.56. The first-order valence-corrected chi connectivity index (χ1v) is 14.7. The second kappa shape index (κ2) is 9.64. The minimum absolute atomic E-state index is 0.140. The molecule has 4 atom stereocenters. The lowest BCUT2D eigenvalue weighted by Crippen LogP contribution is -2.60. The van der Waals surface area contributed by atoms with Gasteiger partial charge in [-0.25, -0.2) is 8.42 Å². The van der Waals surface area contributed by atoms with E-state index in [1.54, 1.807) is 29.6 Å². The molecule has 3 aliphatic heterocycles. The largest absolute Gasteiger partial charge is 0.421 e. The zero-order chi connectivity index (χ0) is 26.6. The van der Waals surface area contributed by atoms with Crippen molar-refractivity contribution in [2.45, 2.75) is 66.7 Å². The maximum atomic E-state index is 13.3. The van der Waals surface area contributed by atoms with Gasteiger partial charge in [-0.1, -0.05) is 18.2 Å². The monoisotopic (exact) mass is 557 g/mol. The molecule has 1 N–H and O–H groups in total. The second-order valence-electron chi connectivity index (χ2n) is 10.3. The van der Waals surface area contributed by atoms with Crippen LogP contribution in [-0.4, -0.2) is 79.0 Å². The number of nitrogens with zero attached hydrogens (tertiary/aromatic N) is 3. The molecule has 3 unspecified atom stereocenters. The van der Waals surface area contributed by atoms with E-state index in [1.165, 1.54) is 27.8 Å². The van der Waals surface area contributed by atoms with Gasteiger partial charge in [-0.15, -0.1) is 11.3 Å². The van der Waals surface area contributed by atoms with Crippen LogP contribution in [0.15, 0.2) is 46.0 Å². The zero-order valence-electron chi connectivity index (χ0n) is 20.4.